The van der Waals surface area contributed by atoms with Crippen molar-refractivity contribution in [1.82, 2.24) is 34.9 Å². The van der Waals surface area contributed by atoms with Crippen molar-refractivity contribution in [2.24, 2.45) is 5.41 Å². The smallest absolute Gasteiger partial charge is 0.229 e. The van der Waals surface area contributed by atoms with E-state index in [-0.39, 0.29) is 40.5 Å². The van der Waals surface area contributed by atoms with Gasteiger partial charge in [0.25, 0.3) is 5.95 Å². The highest BCUT2D eigenvalue weighted by Crippen LogP contribution is 2.69. The summed E-state index contributed by atoms with van der Waals surface area (Å²) >= 11 is 0. The Balaban J connectivity index is 1.39. The molecule has 2 atom stereocenters. The van der Waals surface area contributed by atoms with E-state index in [0.29, 0.717) is 11.8 Å². The van der Waals surface area contributed by atoms with E-state index in [1.165, 1.54) is 29.2 Å². The molecule has 3 heterocycles. The van der Waals surface area contributed by atoms with E-state index in [1.807, 2.05) is 6.07 Å². The van der Waals surface area contributed by atoms with Gasteiger partial charge in [-0.1, -0.05) is 26.8 Å². The first kappa shape index (κ1) is 25.6. The van der Waals surface area contributed by atoms with E-state index >= 15 is 0 Å². The summed E-state index contributed by atoms with van der Waals surface area (Å²) in [5.74, 6) is -0.508. The number of aryl methyl sites for hydroxylation is 1. The van der Waals surface area contributed by atoms with Gasteiger partial charge in [-0.15, -0.1) is 10.2 Å². The average Bonchev–Trinajstić information content (AvgIpc) is 3.55. The standard InChI is InChI=1S/C27H27F2N7O2S/c1-4-39(37,38)13-10-22-31-15-36(35-22)25-30-12-9-21(32-25)27-11-8-17(26(27,2)3)16-14-20(33-34-24(16)27)23-18(28)6-5-7-19(23)29/h5-7,9,12,14-15,17H,4,8,10-11,13H2,1-3H3/t17-,27+/m0/s1. The molecule has 4 aromatic rings. The number of rotatable bonds is 7. The second-order valence-electron chi connectivity index (χ2n) is 10.7. The molecule has 202 valence electrons. The second kappa shape index (κ2) is 8.94. The molecule has 0 radical (unpaired) electrons. The molecule has 2 bridgehead atoms. The molecule has 0 amide bonds. The highest BCUT2D eigenvalue weighted by Gasteiger charge is 2.65. The average molecular weight is 552 g/mol. The fourth-order valence-corrected chi connectivity index (χ4v) is 7.13. The summed E-state index contributed by atoms with van der Waals surface area (Å²) in [5.41, 5.74) is 1.56. The second-order valence-corrected chi connectivity index (χ2v) is 13.2. The molecule has 3 aromatic heterocycles. The SMILES string of the molecule is CCS(=O)(=O)CCc1ncn(-c2nccc([C@]34CC[C@@H](c5cc(-c6c(F)cccc6F)nnc53)C4(C)C)n2)n1. The van der Waals surface area contributed by atoms with Crippen LogP contribution in [0.25, 0.3) is 17.2 Å². The van der Waals surface area contributed by atoms with Gasteiger partial charge in [-0.3, -0.25) is 0 Å². The van der Waals surface area contributed by atoms with Gasteiger partial charge in [0.15, 0.2) is 5.82 Å². The predicted octanol–water partition coefficient (Wildman–Crippen LogP) is 3.97. The Morgan fingerprint density at radius 1 is 1.10 bits per heavy atom. The van der Waals surface area contributed by atoms with Crippen LogP contribution in [0.5, 0.6) is 0 Å². The lowest BCUT2D eigenvalue weighted by Gasteiger charge is -2.37. The van der Waals surface area contributed by atoms with Crippen molar-refractivity contribution < 1.29 is 17.2 Å². The molecule has 0 spiro atoms. The van der Waals surface area contributed by atoms with Crippen LogP contribution in [0.3, 0.4) is 0 Å². The van der Waals surface area contributed by atoms with Crippen molar-refractivity contribution in [3.63, 3.8) is 0 Å². The van der Waals surface area contributed by atoms with Gasteiger partial charge in [-0.25, -0.2) is 32.2 Å². The maximum Gasteiger partial charge on any atom is 0.252 e. The number of fused-ring (bicyclic) bond motifs is 5. The Hall–Kier alpha value is -3.67. The topological polar surface area (TPSA) is 116 Å². The number of nitrogens with zero attached hydrogens (tertiary/aromatic N) is 7. The number of aromatic nitrogens is 7. The molecular formula is C27H27F2N7O2S. The molecule has 1 aromatic carbocycles. The molecule has 6 rings (SSSR count). The van der Waals surface area contributed by atoms with E-state index in [2.05, 4.69) is 39.1 Å². The molecule has 39 heavy (non-hydrogen) atoms. The molecule has 1 saturated carbocycles. The van der Waals surface area contributed by atoms with E-state index in [0.717, 1.165) is 29.8 Å². The minimum absolute atomic E-state index is 0.0265. The van der Waals surface area contributed by atoms with Gasteiger partial charge in [0.1, 0.15) is 27.8 Å². The summed E-state index contributed by atoms with van der Waals surface area (Å²) in [5, 5.41) is 13.3. The van der Waals surface area contributed by atoms with Crippen molar-refractivity contribution in [3.8, 4) is 17.2 Å². The molecule has 9 nitrogen and oxygen atoms in total. The van der Waals surface area contributed by atoms with Crippen molar-refractivity contribution in [2.75, 3.05) is 11.5 Å². The molecule has 0 saturated heterocycles. The van der Waals surface area contributed by atoms with Crippen LogP contribution < -0.4 is 0 Å². The lowest BCUT2D eigenvalue weighted by Crippen LogP contribution is -2.38. The molecule has 12 heteroatoms. The summed E-state index contributed by atoms with van der Waals surface area (Å²) in [4.78, 5) is 13.5. The quantitative estimate of drug-likeness (QED) is 0.339. The first-order chi connectivity index (χ1) is 18.6. The third-order valence-corrected chi connectivity index (χ3v) is 10.2. The minimum Gasteiger partial charge on any atom is -0.229 e. The van der Waals surface area contributed by atoms with Crippen LogP contribution in [0.15, 0.2) is 42.9 Å². The fraction of sp³-hybridized carbons (Fsp3) is 0.407. The summed E-state index contributed by atoms with van der Waals surface area (Å²) in [6.45, 7) is 5.94. The lowest BCUT2D eigenvalue weighted by atomic mass is 9.66. The van der Waals surface area contributed by atoms with Crippen LogP contribution in [0.4, 0.5) is 8.78 Å². The van der Waals surface area contributed by atoms with E-state index in [1.54, 1.807) is 19.2 Å². The van der Waals surface area contributed by atoms with Gasteiger partial charge in [0.2, 0.25) is 0 Å². The molecular weight excluding hydrogens is 524 g/mol. The van der Waals surface area contributed by atoms with Crippen molar-refractivity contribution >= 4 is 9.84 Å². The third-order valence-electron chi connectivity index (χ3n) is 8.50. The Labute approximate surface area is 224 Å². The summed E-state index contributed by atoms with van der Waals surface area (Å²) in [6.07, 6.45) is 4.99. The zero-order chi connectivity index (χ0) is 27.6. The first-order valence-corrected chi connectivity index (χ1v) is 14.7. The molecule has 2 aliphatic rings. The number of halogens is 2. The molecule has 0 unspecified atom stereocenters. The van der Waals surface area contributed by atoms with Crippen LogP contribution >= 0.6 is 0 Å². The normalized spacial score (nSPS) is 21.3. The Kier molecular flexibility index (Phi) is 5.87. The van der Waals surface area contributed by atoms with Gasteiger partial charge in [-0.05, 0) is 54.0 Å². The van der Waals surface area contributed by atoms with Crippen LogP contribution in [0.2, 0.25) is 0 Å². The van der Waals surface area contributed by atoms with Crippen LogP contribution in [-0.4, -0.2) is 54.9 Å². The number of hydrogen-bond acceptors (Lipinski definition) is 8. The first-order valence-electron chi connectivity index (χ1n) is 12.8. The molecule has 0 N–H and O–H groups in total. The largest absolute Gasteiger partial charge is 0.252 e. The maximum absolute atomic E-state index is 14.5. The highest BCUT2D eigenvalue weighted by atomic mass is 32.2. The van der Waals surface area contributed by atoms with Crippen LogP contribution in [-0.2, 0) is 21.7 Å². The zero-order valence-electron chi connectivity index (χ0n) is 21.8. The molecule has 2 aliphatic carbocycles. The summed E-state index contributed by atoms with van der Waals surface area (Å²) < 4.78 is 54.3. The van der Waals surface area contributed by atoms with E-state index in [9.17, 15) is 17.2 Å². The third kappa shape index (κ3) is 3.87. The van der Waals surface area contributed by atoms with Crippen molar-refractivity contribution in [1.29, 1.82) is 0 Å². The minimum atomic E-state index is -3.14. The van der Waals surface area contributed by atoms with Gasteiger partial charge in [0, 0.05) is 18.4 Å². The maximum atomic E-state index is 14.5. The van der Waals surface area contributed by atoms with Crippen LogP contribution in [0, 0.1) is 17.0 Å². The van der Waals surface area contributed by atoms with Gasteiger partial charge in [0.05, 0.1) is 33.8 Å². The summed E-state index contributed by atoms with van der Waals surface area (Å²) in [7, 11) is -3.14. The van der Waals surface area contributed by atoms with Crippen molar-refractivity contribution in [2.45, 2.75) is 51.4 Å². The van der Waals surface area contributed by atoms with E-state index < -0.39 is 26.9 Å². The zero-order valence-corrected chi connectivity index (χ0v) is 22.6. The predicted molar refractivity (Wildman–Crippen MR) is 139 cm³/mol. The van der Waals surface area contributed by atoms with Crippen LogP contribution in [0.1, 0.15) is 62.3 Å². The monoisotopic (exact) mass is 551 g/mol. The van der Waals surface area contributed by atoms with E-state index in [4.69, 9.17) is 4.98 Å². The van der Waals surface area contributed by atoms with Gasteiger partial charge >= 0.3 is 0 Å². The fourth-order valence-electron chi connectivity index (χ4n) is 6.35. The number of hydrogen-bond donors (Lipinski definition) is 0. The molecule has 1 fully saturated rings. The Morgan fingerprint density at radius 2 is 1.87 bits per heavy atom. The number of sulfone groups is 1. The van der Waals surface area contributed by atoms with Crippen molar-refractivity contribution in [3.05, 3.63) is 77.3 Å². The van der Waals surface area contributed by atoms with Gasteiger partial charge in [-0.2, -0.15) is 9.78 Å². The number of benzene rings is 1. The Morgan fingerprint density at radius 3 is 2.62 bits per heavy atom. The Bertz CT molecular complexity index is 1690. The summed E-state index contributed by atoms with van der Waals surface area (Å²) in [6, 6.07) is 7.39. The molecule has 0 aliphatic heterocycles. The highest BCUT2D eigenvalue weighted by molar-refractivity contribution is 7.91. The van der Waals surface area contributed by atoms with Gasteiger partial charge < -0.3 is 0 Å². The lowest BCUT2D eigenvalue weighted by molar-refractivity contribution is 0.242.